The molecule has 134 valence electrons. The summed E-state index contributed by atoms with van der Waals surface area (Å²) in [5.74, 6) is -1.09. The van der Waals surface area contributed by atoms with Gasteiger partial charge in [-0.25, -0.2) is 0 Å². The summed E-state index contributed by atoms with van der Waals surface area (Å²) >= 11 is 10.7. The minimum absolute atomic E-state index is 0.118. The van der Waals surface area contributed by atoms with E-state index < -0.39 is 27.1 Å². The summed E-state index contributed by atoms with van der Waals surface area (Å²) in [7, 11) is 0. The van der Waals surface area contributed by atoms with Crippen LogP contribution < -0.4 is 10.6 Å². The number of carbonyl (C=O) groups excluding carboxylic acids is 1. The lowest BCUT2D eigenvalue weighted by Crippen LogP contribution is -2.34. The second-order valence-electron chi connectivity index (χ2n) is 4.82. The molecular formula is C14H9ClN4O6S. The largest absolute Gasteiger partial charge is 0.506 e. The van der Waals surface area contributed by atoms with Crippen molar-refractivity contribution in [2.45, 2.75) is 0 Å². The number of aromatic hydroxyl groups is 1. The predicted molar refractivity (Wildman–Crippen MR) is 96.6 cm³/mol. The number of anilines is 1. The van der Waals surface area contributed by atoms with E-state index in [0.717, 1.165) is 18.2 Å². The summed E-state index contributed by atoms with van der Waals surface area (Å²) in [6, 6.07) is 6.58. The van der Waals surface area contributed by atoms with Crippen molar-refractivity contribution < 1.29 is 19.7 Å². The molecule has 0 spiro atoms. The molecule has 0 saturated carbocycles. The number of nitrogens with one attached hydrogen (secondary N) is 2. The van der Waals surface area contributed by atoms with Crippen molar-refractivity contribution in [1.82, 2.24) is 5.32 Å². The first kappa shape index (κ1) is 19.0. The van der Waals surface area contributed by atoms with Gasteiger partial charge in [-0.05, 0) is 30.4 Å². The highest BCUT2D eigenvalue weighted by Crippen LogP contribution is 2.26. The lowest BCUT2D eigenvalue weighted by molar-refractivity contribution is -0.394. The third-order valence-electron chi connectivity index (χ3n) is 3.02. The second-order valence-corrected chi connectivity index (χ2v) is 5.67. The maximum atomic E-state index is 12.2. The van der Waals surface area contributed by atoms with E-state index in [1.54, 1.807) is 0 Å². The van der Waals surface area contributed by atoms with Gasteiger partial charge in [-0.3, -0.25) is 30.3 Å². The van der Waals surface area contributed by atoms with Crippen molar-refractivity contribution >= 4 is 51.9 Å². The highest BCUT2D eigenvalue weighted by atomic mass is 35.5. The van der Waals surface area contributed by atoms with Gasteiger partial charge in [0.15, 0.2) is 5.11 Å². The van der Waals surface area contributed by atoms with Gasteiger partial charge in [0.1, 0.15) is 5.75 Å². The zero-order chi connectivity index (χ0) is 19.4. The van der Waals surface area contributed by atoms with Gasteiger partial charge >= 0.3 is 0 Å². The molecule has 2 aromatic carbocycles. The number of hydrogen-bond acceptors (Lipinski definition) is 7. The van der Waals surface area contributed by atoms with Crippen molar-refractivity contribution in [3.63, 3.8) is 0 Å². The molecule has 12 heteroatoms. The van der Waals surface area contributed by atoms with Crippen molar-refractivity contribution in [3.8, 4) is 5.75 Å². The first-order valence-corrected chi connectivity index (χ1v) is 7.50. The van der Waals surface area contributed by atoms with Crippen molar-refractivity contribution in [2.24, 2.45) is 0 Å². The number of non-ortho nitro benzene ring substituents is 2. The number of amides is 1. The van der Waals surface area contributed by atoms with E-state index in [0.29, 0.717) is 5.02 Å². The van der Waals surface area contributed by atoms with E-state index in [1.165, 1.54) is 18.2 Å². The standard InChI is InChI=1S/C14H9ClN4O6S/c15-8-1-2-12(20)11(5-8)16-14(26)17-13(21)7-3-9(18(22)23)6-10(4-7)19(24)25/h1-6,20H,(H2,16,17,21,26). The summed E-state index contributed by atoms with van der Waals surface area (Å²) in [6.45, 7) is 0. The molecular weight excluding hydrogens is 388 g/mol. The Hall–Kier alpha value is -3.31. The average molecular weight is 397 g/mol. The minimum Gasteiger partial charge on any atom is -0.506 e. The van der Waals surface area contributed by atoms with Crippen LogP contribution >= 0.6 is 23.8 Å². The van der Waals surface area contributed by atoms with Crippen LogP contribution in [0.25, 0.3) is 0 Å². The number of nitro groups is 2. The quantitative estimate of drug-likeness (QED) is 0.309. The summed E-state index contributed by atoms with van der Waals surface area (Å²) in [5.41, 5.74) is -1.44. The SMILES string of the molecule is O=C(NC(=S)Nc1cc(Cl)ccc1O)c1cc([N+](=O)[O-])cc([N+](=O)[O-])c1. The Labute approximate surface area is 155 Å². The molecule has 2 rings (SSSR count). The van der Waals surface area contributed by atoms with E-state index in [4.69, 9.17) is 23.8 Å². The number of thiocarbonyl (C=S) groups is 1. The van der Waals surface area contributed by atoms with E-state index in [2.05, 4.69) is 10.6 Å². The Balaban J connectivity index is 2.21. The Morgan fingerprint density at radius 2 is 1.65 bits per heavy atom. The van der Waals surface area contributed by atoms with E-state index in [1.807, 2.05) is 0 Å². The van der Waals surface area contributed by atoms with Crippen LogP contribution in [0.1, 0.15) is 10.4 Å². The molecule has 0 aliphatic rings. The fourth-order valence-corrected chi connectivity index (χ4v) is 2.25. The molecule has 26 heavy (non-hydrogen) atoms. The highest BCUT2D eigenvalue weighted by molar-refractivity contribution is 7.80. The predicted octanol–water partition coefficient (Wildman–Crippen LogP) is 2.99. The third-order valence-corrected chi connectivity index (χ3v) is 3.46. The zero-order valence-corrected chi connectivity index (χ0v) is 14.2. The molecule has 0 radical (unpaired) electrons. The Bertz CT molecular complexity index is 903. The number of rotatable bonds is 4. The lowest BCUT2D eigenvalue weighted by Gasteiger charge is -2.11. The zero-order valence-electron chi connectivity index (χ0n) is 12.6. The van der Waals surface area contributed by atoms with Gasteiger partial charge in [-0.2, -0.15) is 0 Å². The summed E-state index contributed by atoms with van der Waals surface area (Å²) in [6.07, 6.45) is 0. The van der Waals surface area contributed by atoms with Crippen LogP contribution in [0.2, 0.25) is 5.02 Å². The number of hydrogen-bond donors (Lipinski definition) is 3. The fourth-order valence-electron chi connectivity index (χ4n) is 1.87. The van der Waals surface area contributed by atoms with Crippen LogP contribution in [-0.4, -0.2) is 26.0 Å². The molecule has 0 aliphatic heterocycles. The molecule has 0 unspecified atom stereocenters. The number of benzene rings is 2. The van der Waals surface area contributed by atoms with E-state index in [9.17, 15) is 30.1 Å². The number of phenolic OH excluding ortho intramolecular Hbond substituents is 1. The van der Waals surface area contributed by atoms with Crippen LogP contribution in [-0.2, 0) is 0 Å². The van der Waals surface area contributed by atoms with Crippen LogP contribution in [0, 0.1) is 20.2 Å². The molecule has 0 fully saturated rings. The van der Waals surface area contributed by atoms with Crippen LogP contribution in [0.15, 0.2) is 36.4 Å². The van der Waals surface area contributed by atoms with Crippen molar-refractivity contribution in [1.29, 1.82) is 0 Å². The maximum absolute atomic E-state index is 12.2. The number of phenols is 1. The smallest absolute Gasteiger partial charge is 0.277 e. The normalized spacial score (nSPS) is 10.0. The summed E-state index contributed by atoms with van der Waals surface area (Å²) in [5, 5.41) is 36.2. The molecule has 0 aromatic heterocycles. The van der Waals surface area contributed by atoms with Crippen LogP contribution in [0.3, 0.4) is 0 Å². The topological polar surface area (TPSA) is 148 Å². The monoisotopic (exact) mass is 396 g/mol. The van der Waals surface area contributed by atoms with Gasteiger partial charge in [0, 0.05) is 17.2 Å². The molecule has 2 aromatic rings. The molecule has 0 heterocycles. The average Bonchev–Trinajstić information content (AvgIpc) is 2.57. The van der Waals surface area contributed by atoms with Crippen molar-refractivity contribution in [2.75, 3.05) is 5.32 Å². The van der Waals surface area contributed by atoms with Gasteiger partial charge in [0.05, 0.1) is 27.2 Å². The van der Waals surface area contributed by atoms with E-state index in [-0.39, 0.29) is 22.1 Å². The van der Waals surface area contributed by atoms with Crippen molar-refractivity contribution in [3.05, 3.63) is 67.2 Å². The van der Waals surface area contributed by atoms with Gasteiger partial charge in [0.25, 0.3) is 17.3 Å². The second kappa shape index (κ2) is 7.72. The molecule has 0 saturated heterocycles. The first-order valence-electron chi connectivity index (χ1n) is 6.72. The highest BCUT2D eigenvalue weighted by Gasteiger charge is 2.20. The van der Waals surface area contributed by atoms with Gasteiger partial charge in [0.2, 0.25) is 0 Å². The molecule has 0 bridgehead atoms. The molecule has 1 amide bonds. The van der Waals surface area contributed by atoms with Gasteiger partial charge in [-0.1, -0.05) is 11.6 Å². The molecule has 0 atom stereocenters. The van der Waals surface area contributed by atoms with Gasteiger partial charge in [-0.15, -0.1) is 0 Å². The Morgan fingerprint density at radius 3 is 2.19 bits per heavy atom. The Morgan fingerprint density at radius 1 is 1.08 bits per heavy atom. The number of nitrogens with zero attached hydrogens (tertiary/aromatic N) is 2. The summed E-state index contributed by atoms with van der Waals surface area (Å²) < 4.78 is 0. The number of carbonyl (C=O) groups is 1. The third kappa shape index (κ3) is 4.62. The maximum Gasteiger partial charge on any atom is 0.277 e. The number of halogens is 1. The first-order chi connectivity index (χ1) is 12.2. The molecule has 0 aliphatic carbocycles. The molecule has 3 N–H and O–H groups in total. The summed E-state index contributed by atoms with van der Waals surface area (Å²) in [4.78, 5) is 32.2. The van der Waals surface area contributed by atoms with Crippen LogP contribution in [0.4, 0.5) is 17.1 Å². The minimum atomic E-state index is -0.907. The van der Waals surface area contributed by atoms with E-state index >= 15 is 0 Å². The van der Waals surface area contributed by atoms with Crippen LogP contribution in [0.5, 0.6) is 5.75 Å². The Kier molecular flexibility index (Phi) is 5.64. The van der Waals surface area contributed by atoms with Gasteiger partial charge < -0.3 is 10.4 Å². The molecule has 10 nitrogen and oxygen atoms in total. The lowest BCUT2D eigenvalue weighted by atomic mass is 10.1. The number of nitro benzene ring substituents is 2. The fraction of sp³-hybridized carbons (Fsp3) is 0.